The zero-order valence-corrected chi connectivity index (χ0v) is 12.9. The second kappa shape index (κ2) is 7.78. The number of hydrogen-bond acceptors (Lipinski definition) is 4. The zero-order chi connectivity index (χ0) is 14.3. The van der Waals surface area contributed by atoms with Crippen molar-refractivity contribution >= 4 is 24.4 Å². The molecule has 1 heterocycles. The highest BCUT2D eigenvalue weighted by atomic mass is 32.2. The molecule has 5 heteroatoms. The van der Waals surface area contributed by atoms with Gasteiger partial charge in [0.1, 0.15) is 5.82 Å². The second-order valence-electron chi connectivity index (χ2n) is 4.19. The molecule has 1 saturated heterocycles. The van der Waals surface area contributed by atoms with Crippen molar-refractivity contribution in [3.05, 3.63) is 29.6 Å². The standard InChI is InChI=1S/C13H14FNOS.CH4S/c1-17-12-7-10(6-11(14)8-12)13(9-15)2-4-16-5-3-13;1-2/h6-8H,2-5H2,1H3;2H,1H3. The van der Waals surface area contributed by atoms with E-state index >= 15 is 0 Å². The number of ether oxygens (including phenoxy) is 1. The van der Waals surface area contributed by atoms with Gasteiger partial charge in [-0.25, -0.2) is 4.39 Å². The topological polar surface area (TPSA) is 33.0 Å². The molecule has 0 unspecified atom stereocenters. The molecule has 0 aliphatic carbocycles. The Morgan fingerprint density at radius 2 is 1.95 bits per heavy atom. The van der Waals surface area contributed by atoms with E-state index in [1.165, 1.54) is 23.9 Å². The highest BCUT2D eigenvalue weighted by Crippen LogP contribution is 2.36. The van der Waals surface area contributed by atoms with Crippen LogP contribution in [0.2, 0.25) is 0 Å². The number of nitriles is 1. The lowest BCUT2D eigenvalue weighted by atomic mass is 9.75. The van der Waals surface area contributed by atoms with E-state index in [2.05, 4.69) is 18.7 Å². The molecule has 1 aliphatic heterocycles. The monoisotopic (exact) mass is 299 g/mol. The van der Waals surface area contributed by atoms with Gasteiger partial charge in [-0.05, 0) is 49.1 Å². The molecule has 1 aromatic carbocycles. The van der Waals surface area contributed by atoms with Gasteiger partial charge in [0.05, 0.1) is 11.5 Å². The Bertz CT molecular complexity index is 453. The Labute approximate surface area is 123 Å². The van der Waals surface area contributed by atoms with Crippen molar-refractivity contribution in [2.45, 2.75) is 23.2 Å². The van der Waals surface area contributed by atoms with Crippen LogP contribution in [0.1, 0.15) is 18.4 Å². The highest BCUT2D eigenvalue weighted by molar-refractivity contribution is 7.98. The zero-order valence-electron chi connectivity index (χ0n) is 11.1. The molecule has 19 heavy (non-hydrogen) atoms. The molecule has 0 saturated carbocycles. The molecular weight excluding hydrogens is 281 g/mol. The molecule has 1 fully saturated rings. The molecule has 0 amide bonds. The summed E-state index contributed by atoms with van der Waals surface area (Å²) in [4.78, 5) is 0.862. The number of nitrogens with zero attached hydrogens (tertiary/aromatic N) is 1. The van der Waals surface area contributed by atoms with Gasteiger partial charge in [0.25, 0.3) is 0 Å². The van der Waals surface area contributed by atoms with Gasteiger partial charge in [0.2, 0.25) is 0 Å². The maximum absolute atomic E-state index is 13.5. The SMILES string of the molecule is CS.CSc1cc(F)cc(C2(C#N)CCOCC2)c1. The van der Waals surface area contributed by atoms with Gasteiger partial charge >= 0.3 is 0 Å². The van der Waals surface area contributed by atoms with Gasteiger partial charge in [-0.3, -0.25) is 0 Å². The Balaban J connectivity index is 0.000000861. The fourth-order valence-corrected chi connectivity index (χ4v) is 2.62. The van der Waals surface area contributed by atoms with E-state index in [1.54, 1.807) is 6.26 Å². The van der Waals surface area contributed by atoms with Crippen LogP contribution in [-0.4, -0.2) is 25.7 Å². The van der Waals surface area contributed by atoms with E-state index in [9.17, 15) is 9.65 Å². The fourth-order valence-electron chi connectivity index (χ4n) is 2.14. The summed E-state index contributed by atoms with van der Waals surface area (Å²) < 4.78 is 18.8. The Morgan fingerprint density at radius 1 is 1.32 bits per heavy atom. The minimum absolute atomic E-state index is 0.270. The van der Waals surface area contributed by atoms with Gasteiger partial charge in [0, 0.05) is 18.1 Å². The molecule has 0 radical (unpaired) electrons. The van der Waals surface area contributed by atoms with E-state index in [-0.39, 0.29) is 5.82 Å². The molecule has 0 spiro atoms. The van der Waals surface area contributed by atoms with Crippen molar-refractivity contribution in [2.75, 3.05) is 25.7 Å². The van der Waals surface area contributed by atoms with Crippen molar-refractivity contribution in [3.8, 4) is 6.07 Å². The first-order valence-corrected chi connectivity index (χ1v) is 8.11. The minimum Gasteiger partial charge on any atom is -0.381 e. The first-order chi connectivity index (χ1) is 9.20. The lowest BCUT2D eigenvalue weighted by Gasteiger charge is -2.31. The molecule has 0 N–H and O–H groups in total. The van der Waals surface area contributed by atoms with Gasteiger partial charge in [-0.2, -0.15) is 17.9 Å². The Kier molecular flexibility index (Phi) is 6.70. The molecule has 0 bridgehead atoms. The summed E-state index contributed by atoms with van der Waals surface area (Å²) in [5, 5.41) is 9.41. The quantitative estimate of drug-likeness (QED) is 0.668. The third-order valence-electron chi connectivity index (χ3n) is 3.22. The second-order valence-corrected chi connectivity index (χ2v) is 5.07. The van der Waals surface area contributed by atoms with Crippen molar-refractivity contribution in [1.29, 1.82) is 5.26 Å². The summed E-state index contributed by atoms with van der Waals surface area (Å²) in [7, 11) is 0. The number of rotatable bonds is 2. The van der Waals surface area contributed by atoms with Crippen LogP contribution >= 0.6 is 24.4 Å². The predicted octanol–water partition coefficient (Wildman–Crippen LogP) is 3.67. The first-order valence-electron chi connectivity index (χ1n) is 5.99. The van der Waals surface area contributed by atoms with E-state index in [1.807, 2.05) is 12.3 Å². The van der Waals surface area contributed by atoms with Crippen LogP contribution in [0.25, 0.3) is 0 Å². The number of benzene rings is 1. The Morgan fingerprint density at radius 3 is 2.47 bits per heavy atom. The predicted molar refractivity (Wildman–Crippen MR) is 80.4 cm³/mol. The smallest absolute Gasteiger partial charge is 0.124 e. The van der Waals surface area contributed by atoms with Crippen LogP contribution in [0.5, 0.6) is 0 Å². The van der Waals surface area contributed by atoms with Gasteiger partial charge < -0.3 is 4.74 Å². The Hall–Kier alpha value is -0.700. The summed E-state index contributed by atoms with van der Waals surface area (Å²) in [5.74, 6) is -0.270. The van der Waals surface area contributed by atoms with Crippen molar-refractivity contribution < 1.29 is 9.13 Å². The third kappa shape index (κ3) is 3.88. The van der Waals surface area contributed by atoms with Gasteiger partial charge in [-0.15, -0.1) is 11.8 Å². The van der Waals surface area contributed by atoms with Crippen LogP contribution in [0.3, 0.4) is 0 Å². The average molecular weight is 299 g/mol. The van der Waals surface area contributed by atoms with Crippen molar-refractivity contribution in [3.63, 3.8) is 0 Å². The lowest BCUT2D eigenvalue weighted by molar-refractivity contribution is 0.0674. The van der Waals surface area contributed by atoms with E-state index in [0.29, 0.717) is 26.1 Å². The van der Waals surface area contributed by atoms with Crippen LogP contribution in [0, 0.1) is 17.1 Å². The summed E-state index contributed by atoms with van der Waals surface area (Å²) >= 11 is 5.02. The number of thioether (sulfide) groups is 1. The van der Waals surface area contributed by atoms with E-state index in [0.717, 1.165) is 10.5 Å². The van der Waals surface area contributed by atoms with Gasteiger partial charge in [-0.1, -0.05) is 0 Å². The average Bonchev–Trinajstić information content (AvgIpc) is 2.49. The molecule has 1 aromatic rings. The maximum Gasteiger partial charge on any atom is 0.124 e. The third-order valence-corrected chi connectivity index (χ3v) is 3.93. The number of halogens is 1. The highest BCUT2D eigenvalue weighted by Gasteiger charge is 2.35. The molecule has 2 rings (SSSR count). The van der Waals surface area contributed by atoms with Crippen LogP contribution in [0.4, 0.5) is 4.39 Å². The van der Waals surface area contributed by atoms with Crippen LogP contribution in [0.15, 0.2) is 23.1 Å². The summed E-state index contributed by atoms with van der Waals surface area (Å²) in [6.07, 6.45) is 4.88. The molecule has 2 nitrogen and oxygen atoms in total. The lowest BCUT2D eigenvalue weighted by Crippen LogP contribution is -2.32. The summed E-state index contributed by atoms with van der Waals surface area (Å²) in [5.41, 5.74) is 0.206. The fraction of sp³-hybridized carbons (Fsp3) is 0.500. The summed E-state index contributed by atoms with van der Waals surface area (Å²) in [6, 6.07) is 7.25. The van der Waals surface area contributed by atoms with Crippen LogP contribution < -0.4 is 0 Å². The molecular formula is C14H18FNOS2. The molecule has 104 valence electrons. The minimum atomic E-state index is -0.579. The van der Waals surface area contributed by atoms with E-state index in [4.69, 9.17) is 4.74 Å². The van der Waals surface area contributed by atoms with Crippen molar-refractivity contribution in [1.82, 2.24) is 0 Å². The molecule has 0 atom stereocenters. The molecule has 0 aromatic heterocycles. The maximum atomic E-state index is 13.5. The van der Waals surface area contributed by atoms with Gasteiger partial charge in [0.15, 0.2) is 0 Å². The number of thiol groups is 1. The summed E-state index contributed by atoms with van der Waals surface area (Å²) in [6.45, 7) is 1.14. The first kappa shape index (κ1) is 16.4. The normalized spacial score (nSPS) is 17.0. The van der Waals surface area contributed by atoms with Crippen LogP contribution in [-0.2, 0) is 10.2 Å². The van der Waals surface area contributed by atoms with Crippen molar-refractivity contribution in [2.24, 2.45) is 0 Å². The van der Waals surface area contributed by atoms with E-state index < -0.39 is 5.41 Å². The number of hydrogen-bond donors (Lipinski definition) is 1. The molecule has 1 aliphatic rings. The largest absolute Gasteiger partial charge is 0.381 e.